The first-order valence-corrected chi connectivity index (χ1v) is 8.09. The Morgan fingerprint density at radius 2 is 1.90 bits per heavy atom. The van der Waals surface area contributed by atoms with Gasteiger partial charge < -0.3 is 5.32 Å². The van der Waals surface area contributed by atoms with E-state index in [1.54, 1.807) is 0 Å². The molecule has 0 radical (unpaired) electrons. The second-order valence-corrected chi connectivity index (χ2v) is 5.99. The van der Waals surface area contributed by atoms with Gasteiger partial charge in [-0.25, -0.2) is 0 Å². The van der Waals surface area contributed by atoms with Crippen molar-refractivity contribution >= 4 is 11.6 Å². The Morgan fingerprint density at radius 1 is 1.10 bits per heavy atom. The molecule has 0 heterocycles. The van der Waals surface area contributed by atoms with Gasteiger partial charge in [0.05, 0.1) is 0 Å². The molecule has 0 aromatic heterocycles. The molecule has 0 aliphatic carbocycles. The summed E-state index contributed by atoms with van der Waals surface area (Å²) in [7, 11) is 0. The van der Waals surface area contributed by atoms with E-state index in [0.717, 1.165) is 30.8 Å². The largest absolute Gasteiger partial charge is 0.314 e. The van der Waals surface area contributed by atoms with E-state index in [1.165, 1.54) is 16.7 Å². The summed E-state index contributed by atoms with van der Waals surface area (Å²) in [4.78, 5) is 0. The van der Waals surface area contributed by atoms with Crippen LogP contribution in [0.3, 0.4) is 0 Å². The summed E-state index contributed by atoms with van der Waals surface area (Å²) in [6, 6.07) is 17.3. The lowest BCUT2D eigenvalue weighted by atomic mass is 9.97. The number of rotatable bonds is 7. The highest BCUT2D eigenvalue weighted by atomic mass is 35.5. The van der Waals surface area contributed by atoms with Crippen LogP contribution >= 0.6 is 11.6 Å². The smallest absolute Gasteiger partial charge is 0.0408 e. The lowest BCUT2D eigenvalue weighted by Gasteiger charge is -2.18. The minimum atomic E-state index is 0.494. The van der Waals surface area contributed by atoms with Crippen molar-refractivity contribution in [1.29, 1.82) is 0 Å². The maximum absolute atomic E-state index is 6.08. The van der Waals surface area contributed by atoms with Crippen molar-refractivity contribution in [3.63, 3.8) is 0 Å². The quantitative estimate of drug-likeness (QED) is 0.774. The third-order valence-electron chi connectivity index (χ3n) is 3.89. The van der Waals surface area contributed by atoms with Crippen LogP contribution in [0.1, 0.15) is 30.0 Å². The predicted molar refractivity (Wildman–Crippen MR) is 92.1 cm³/mol. The molecule has 0 fully saturated rings. The number of benzene rings is 2. The van der Waals surface area contributed by atoms with Crippen LogP contribution < -0.4 is 5.32 Å². The molecule has 0 saturated heterocycles. The van der Waals surface area contributed by atoms with Crippen LogP contribution in [0.15, 0.2) is 48.5 Å². The molecule has 112 valence electrons. The molecule has 0 amide bonds. The van der Waals surface area contributed by atoms with E-state index in [2.05, 4.69) is 55.6 Å². The molecule has 2 heteroatoms. The van der Waals surface area contributed by atoms with Crippen molar-refractivity contribution in [3.05, 3.63) is 70.2 Å². The van der Waals surface area contributed by atoms with E-state index in [-0.39, 0.29) is 0 Å². The van der Waals surface area contributed by atoms with Crippen LogP contribution in [0.4, 0.5) is 0 Å². The standard InChI is InChI=1S/C19H24ClN/c1-3-21-19(14-16-8-6-10-18(20)13-16)12-11-17-9-5-4-7-15(17)2/h4-10,13,19,21H,3,11-12,14H2,1-2H3. The van der Waals surface area contributed by atoms with Crippen molar-refractivity contribution in [3.8, 4) is 0 Å². The summed E-state index contributed by atoms with van der Waals surface area (Å²) < 4.78 is 0. The van der Waals surface area contributed by atoms with E-state index in [0.29, 0.717) is 6.04 Å². The van der Waals surface area contributed by atoms with Crippen LogP contribution in [0.5, 0.6) is 0 Å². The monoisotopic (exact) mass is 301 g/mol. The zero-order valence-corrected chi connectivity index (χ0v) is 13.7. The van der Waals surface area contributed by atoms with Crippen LogP contribution in [0.25, 0.3) is 0 Å². The van der Waals surface area contributed by atoms with Crippen LogP contribution in [-0.2, 0) is 12.8 Å². The molecule has 2 aromatic carbocycles. The number of aryl methyl sites for hydroxylation is 2. The number of nitrogens with one attached hydrogen (secondary N) is 1. The molecule has 1 unspecified atom stereocenters. The van der Waals surface area contributed by atoms with Gasteiger partial charge in [0.15, 0.2) is 0 Å². The Balaban J connectivity index is 1.97. The molecule has 0 aliphatic heterocycles. The van der Waals surface area contributed by atoms with Gasteiger partial charge in [-0.2, -0.15) is 0 Å². The average molecular weight is 302 g/mol. The molecule has 0 saturated carbocycles. The Kier molecular flexibility index (Phi) is 6.28. The van der Waals surface area contributed by atoms with Gasteiger partial charge in [0.1, 0.15) is 0 Å². The Morgan fingerprint density at radius 3 is 2.62 bits per heavy atom. The van der Waals surface area contributed by atoms with Gasteiger partial charge in [0.2, 0.25) is 0 Å². The Labute approximate surface area is 133 Å². The van der Waals surface area contributed by atoms with E-state index in [9.17, 15) is 0 Å². The summed E-state index contributed by atoms with van der Waals surface area (Å²) in [5.74, 6) is 0. The average Bonchev–Trinajstić information content (AvgIpc) is 2.46. The van der Waals surface area contributed by atoms with Crippen LogP contribution in [0.2, 0.25) is 5.02 Å². The van der Waals surface area contributed by atoms with E-state index in [4.69, 9.17) is 11.6 Å². The van der Waals surface area contributed by atoms with Crippen molar-refractivity contribution in [2.24, 2.45) is 0 Å². The summed E-state index contributed by atoms with van der Waals surface area (Å²) in [6.07, 6.45) is 3.29. The molecule has 1 atom stereocenters. The molecule has 1 N–H and O–H groups in total. The highest BCUT2D eigenvalue weighted by Gasteiger charge is 2.10. The maximum Gasteiger partial charge on any atom is 0.0408 e. The number of hydrogen-bond acceptors (Lipinski definition) is 1. The van der Waals surface area contributed by atoms with Crippen molar-refractivity contribution in [1.82, 2.24) is 5.32 Å². The molecule has 21 heavy (non-hydrogen) atoms. The molecule has 1 nitrogen and oxygen atoms in total. The van der Waals surface area contributed by atoms with Gasteiger partial charge in [-0.1, -0.05) is 54.9 Å². The molecule has 0 bridgehead atoms. The molecule has 0 spiro atoms. The van der Waals surface area contributed by atoms with Gasteiger partial charge in [-0.05, 0) is 61.6 Å². The topological polar surface area (TPSA) is 12.0 Å². The van der Waals surface area contributed by atoms with Crippen molar-refractivity contribution in [2.45, 2.75) is 39.2 Å². The fraction of sp³-hybridized carbons (Fsp3) is 0.368. The fourth-order valence-corrected chi connectivity index (χ4v) is 2.95. The van der Waals surface area contributed by atoms with E-state index >= 15 is 0 Å². The number of hydrogen-bond donors (Lipinski definition) is 1. The van der Waals surface area contributed by atoms with Gasteiger partial charge in [-0.15, -0.1) is 0 Å². The third kappa shape index (κ3) is 5.18. The lowest BCUT2D eigenvalue weighted by molar-refractivity contribution is 0.491. The number of halogens is 1. The zero-order chi connectivity index (χ0) is 15.1. The summed E-state index contributed by atoms with van der Waals surface area (Å²) >= 11 is 6.08. The second kappa shape index (κ2) is 8.21. The number of likely N-dealkylation sites (N-methyl/N-ethyl adjacent to an activating group) is 1. The van der Waals surface area contributed by atoms with Crippen LogP contribution in [0, 0.1) is 6.92 Å². The maximum atomic E-state index is 6.08. The first-order chi connectivity index (χ1) is 10.2. The second-order valence-electron chi connectivity index (χ2n) is 5.55. The third-order valence-corrected chi connectivity index (χ3v) is 4.12. The lowest BCUT2D eigenvalue weighted by Crippen LogP contribution is -2.31. The first kappa shape index (κ1) is 16.1. The van der Waals surface area contributed by atoms with Gasteiger partial charge in [-0.3, -0.25) is 0 Å². The minimum Gasteiger partial charge on any atom is -0.314 e. The van der Waals surface area contributed by atoms with Gasteiger partial charge >= 0.3 is 0 Å². The SMILES string of the molecule is CCNC(CCc1ccccc1C)Cc1cccc(Cl)c1. The summed E-state index contributed by atoms with van der Waals surface area (Å²) in [6.45, 7) is 5.35. The Bertz CT molecular complexity index is 565. The zero-order valence-electron chi connectivity index (χ0n) is 12.9. The highest BCUT2D eigenvalue weighted by molar-refractivity contribution is 6.30. The van der Waals surface area contributed by atoms with E-state index in [1.807, 2.05) is 12.1 Å². The van der Waals surface area contributed by atoms with Gasteiger partial charge in [0, 0.05) is 11.1 Å². The molecule has 2 rings (SSSR count). The fourth-order valence-electron chi connectivity index (χ4n) is 2.73. The van der Waals surface area contributed by atoms with Crippen LogP contribution in [-0.4, -0.2) is 12.6 Å². The van der Waals surface area contributed by atoms with Crippen molar-refractivity contribution < 1.29 is 0 Å². The first-order valence-electron chi connectivity index (χ1n) is 7.71. The van der Waals surface area contributed by atoms with E-state index < -0.39 is 0 Å². The molecular weight excluding hydrogens is 278 g/mol. The molecular formula is C19H24ClN. The van der Waals surface area contributed by atoms with Gasteiger partial charge in [0.25, 0.3) is 0 Å². The highest BCUT2D eigenvalue weighted by Crippen LogP contribution is 2.16. The minimum absolute atomic E-state index is 0.494. The van der Waals surface area contributed by atoms with Crippen molar-refractivity contribution in [2.75, 3.05) is 6.54 Å². The summed E-state index contributed by atoms with van der Waals surface area (Å²) in [5.41, 5.74) is 4.14. The molecule has 2 aromatic rings. The normalized spacial score (nSPS) is 12.3. The molecule has 0 aliphatic rings. The summed E-state index contributed by atoms with van der Waals surface area (Å²) in [5, 5.41) is 4.42. The Hall–Kier alpha value is -1.31. The predicted octanol–water partition coefficient (Wildman–Crippen LogP) is 4.80.